The molecule has 3 heterocycles. The lowest BCUT2D eigenvalue weighted by Crippen LogP contribution is -2.38. The number of benzene rings is 1. The Morgan fingerprint density at radius 1 is 1.27 bits per heavy atom. The van der Waals surface area contributed by atoms with Crippen LogP contribution in [0.25, 0.3) is 0 Å². The number of hydrogen-bond donors (Lipinski definition) is 1. The fraction of sp³-hybridized carbons (Fsp3) is 0.412. The van der Waals surface area contributed by atoms with Gasteiger partial charge < -0.3 is 14.6 Å². The maximum absolute atomic E-state index is 10.00. The first kappa shape index (κ1) is 13.9. The van der Waals surface area contributed by atoms with Gasteiger partial charge in [0.25, 0.3) is 0 Å². The zero-order valence-corrected chi connectivity index (χ0v) is 13.6. The molecular weight excluding hydrogens is 298 g/mol. The Hall–Kier alpha value is -1.72. The molecule has 0 radical (unpaired) electrons. The number of fused-ring (bicyclic) bond motifs is 4. The number of aromatic hydroxyl groups is 1. The maximum Gasteiger partial charge on any atom is 0.173 e. The van der Waals surface area contributed by atoms with Crippen LogP contribution in [-0.4, -0.2) is 30.8 Å². The standard InChI is InChI=1S/C17H19NO3S/c1-20-16-8-11-13-7-10-3-4-14(19)17(21-2)12(10)9-18(13)6-5-15(11)22-16/h3-4,8,13,19H,5-7,9H2,1-2H3. The summed E-state index contributed by atoms with van der Waals surface area (Å²) in [7, 11) is 3.36. The molecule has 0 bridgehead atoms. The largest absolute Gasteiger partial charge is 0.504 e. The Bertz CT molecular complexity index is 725. The molecule has 0 fully saturated rings. The van der Waals surface area contributed by atoms with Crippen LogP contribution in [0.5, 0.6) is 16.6 Å². The molecule has 1 unspecified atom stereocenters. The fourth-order valence-corrected chi connectivity index (χ4v) is 4.70. The van der Waals surface area contributed by atoms with Crippen LogP contribution in [0, 0.1) is 0 Å². The van der Waals surface area contributed by atoms with Gasteiger partial charge in [0, 0.05) is 29.6 Å². The Labute approximate surface area is 133 Å². The lowest BCUT2D eigenvalue weighted by atomic mass is 9.87. The van der Waals surface area contributed by atoms with Crippen LogP contribution >= 0.6 is 11.3 Å². The van der Waals surface area contributed by atoms with Crippen LogP contribution in [0.2, 0.25) is 0 Å². The van der Waals surface area contributed by atoms with Gasteiger partial charge in [-0.25, -0.2) is 0 Å². The Morgan fingerprint density at radius 3 is 2.91 bits per heavy atom. The van der Waals surface area contributed by atoms with Crippen LogP contribution in [-0.2, 0) is 19.4 Å². The molecule has 4 nitrogen and oxygen atoms in total. The highest BCUT2D eigenvalue weighted by Gasteiger charge is 2.35. The average Bonchev–Trinajstić information content (AvgIpc) is 2.97. The summed E-state index contributed by atoms with van der Waals surface area (Å²) >= 11 is 1.77. The summed E-state index contributed by atoms with van der Waals surface area (Å²) < 4.78 is 10.8. The summed E-state index contributed by atoms with van der Waals surface area (Å²) in [6, 6.07) is 6.37. The molecule has 1 N–H and O–H groups in total. The van der Waals surface area contributed by atoms with E-state index in [2.05, 4.69) is 11.0 Å². The van der Waals surface area contributed by atoms with E-state index in [9.17, 15) is 5.11 Å². The van der Waals surface area contributed by atoms with E-state index in [1.165, 1.54) is 16.0 Å². The Kier molecular flexibility index (Phi) is 3.27. The zero-order chi connectivity index (χ0) is 15.3. The van der Waals surface area contributed by atoms with Crippen molar-refractivity contribution in [1.82, 2.24) is 4.90 Å². The fourth-order valence-electron chi connectivity index (χ4n) is 3.68. The number of hydrogen-bond acceptors (Lipinski definition) is 5. The molecule has 2 aromatic rings. The molecule has 4 rings (SSSR count). The lowest BCUT2D eigenvalue weighted by Gasteiger charge is -2.40. The highest BCUT2D eigenvalue weighted by Crippen LogP contribution is 2.46. The smallest absolute Gasteiger partial charge is 0.173 e. The molecule has 0 spiro atoms. The van der Waals surface area contributed by atoms with E-state index in [-0.39, 0.29) is 5.75 Å². The second-order valence-electron chi connectivity index (χ2n) is 5.84. The quantitative estimate of drug-likeness (QED) is 0.924. The van der Waals surface area contributed by atoms with Crippen LogP contribution in [0.1, 0.15) is 27.6 Å². The van der Waals surface area contributed by atoms with Crippen molar-refractivity contribution in [3.05, 3.63) is 39.8 Å². The third kappa shape index (κ3) is 2.00. The second-order valence-corrected chi connectivity index (χ2v) is 6.94. The molecule has 0 saturated heterocycles. The van der Waals surface area contributed by atoms with E-state index in [0.717, 1.165) is 36.6 Å². The summed E-state index contributed by atoms with van der Waals surface area (Å²) in [4.78, 5) is 3.94. The van der Waals surface area contributed by atoms with Gasteiger partial charge >= 0.3 is 0 Å². The molecule has 22 heavy (non-hydrogen) atoms. The Morgan fingerprint density at radius 2 is 2.14 bits per heavy atom. The Balaban J connectivity index is 1.76. The number of ether oxygens (including phenoxy) is 2. The van der Waals surface area contributed by atoms with Gasteiger partial charge in [-0.1, -0.05) is 6.07 Å². The van der Waals surface area contributed by atoms with Crippen molar-refractivity contribution < 1.29 is 14.6 Å². The normalized spacial score (nSPS) is 20.0. The van der Waals surface area contributed by atoms with E-state index in [0.29, 0.717) is 11.8 Å². The van der Waals surface area contributed by atoms with Gasteiger partial charge in [0.15, 0.2) is 16.6 Å². The maximum atomic E-state index is 10.00. The van der Waals surface area contributed by atoms with Gasteiger partial charge in [0.05, 0.1) is 14.2 Å². The number of phenolic OH excluding ortho intramolecular Hbond substituents is 1. The minimum Gasteiger partial charge on any atom is -0.504 e. The number of nitrogens with zero attached hydrogens (tertiary/aromatic N) is 1. The molecule has 1 atom stereocenters. The monoisotopic (exact) mass is 317 g/mol. The van der Waals surface area contributed by atoms with E-state index in [1.807, 2.05) is 6.07 Å². The van der Waals surface area contributed by atoms with Crippen molar-refractivity contribution >= 4 is 11.3 Å². The molecule has 1 aromatic heterocycles. The molecule has 1 aromatic carbocycles. The van der Waals surface area contributed by atoms with Crippen molar-refractivity contribution in [3.8, 4) is 16.6 Å². The predicted molar refractivity (Wildman–Crippen MR) is 86.1 cm³/mol. The van der Waals surface area contributed by atoms with E-state index in [1.54, 1.807) is 31.6 Å². The van der Waals surface area contributed by atoms with Crippen LogP contribution < -0.4 is 9.47 Å². The van der Waals surface area contributed by atoms with Gasteiger partial charge in [0.1, 0.15) is 0 Å². The van der Waals surface area contributed by atoms with Crippen molar-refractivity contribution in [2.75, 3.05) is 20.8 Å². The van der Waals surface area contributed by atoms with Crippen LogP contribution in [0.4, 0.5) is 0 Å². The predicted octanol–water partition coefficient (Wildman–Crippen LogP) is 3.13. The average molecular weight is 317 g/mol. The highest BCUT2D eigenvalue weighted by atomic mass is 32.1. The summed E-state index contributed by atoms with van der Waals surface area (Å²) in [6.07, 6.45) is 2.02. The highest BCUT2D eigenvalue weighted by molar-refractivity contribution is 7.14. The molecule has 0 aliphatic carbocycles. The SMILES string of the molecule is COc1cc2c(s1)CCN1Cc3c(ccc(O)c3OC)CC21. The first-order valence-electron chi connectivity index (χ1n) is 7.49. The second kappa shape index (κ2) is 5.18. The number of thiophene rings is 1. The molecule has 5 heteroatoms. The van der Waals surface area contributed by atoms with E-state index >= 15 is 0 Å². The summed E-state index contributed by atoms with van der Waals surface area (Å²) in [5.41, 5.74) is 3.81. The van der Waals surface area contributed by atoms with Gasteiger partial charge in [-0.05, 0) is 36.1 Å². The zero-order valence-electron chi connectivity index (χ0n) is 12.8. The van der Waals surface area contributed by atoms with Crippen molar-refractivity contribution in [2.24, 2.45) is 0 Å². The van der Waals surface area contributed by atoms with Gasteiger partial charge in [-0.2, -0.15) is 0 Å². The van der Waals surface area contributed by atoms with Crippen molar-refractivity contribution in [2.45, 2.75) is 25.4 Å². The first-order chi connectivity index (χ1) is 10.7. The molecule has 0 amide bonds. The van der Waals surface area contributed by atoms with Gasteiger partial charge in [-0.15, -0.1) is 11.3 Å². The molecule has 116 valence electrons. The number of phenols is 1. The summed E-state index contributed by atoms with van der Waals surface area (Å²) in [5, 5.41) is 11.0. The minimum atomic E-state index is 0.231. The van der Waals surface area contributed by atoms with Crippen molar-refractivity contribution in [1.29, 1.82) is 0 Å². The van der Waals surface area contributed by atoms with Gasteiger partial charge in [-0.3, -0.25) is 4.90 Å². The minimum absolute atomic E-state index is 0.231. The molecule has 2 aliphatic rings. The summed E-state index contributed by atoms with van der Waals surface area (Å²) in [5.74, 6) is 0.860. The topological polar surface area (TPSA) is 41.9 Å². The number of rotatable bonds is 2. The molecular formula is C17H19NO3S. The summed E-state index contributed by atoms with van der Waals surface area (Å²) in [6.45, 7) is 1.87. The third-order valence-electron chi connectivity index (χ3n) is 4.76. The third-order valence-corrected chi connectivity index (χ3v) is 5.93. The van der Waals surface area contributed by atoms with Crippen LogP contribution in [0.3, 0.4) is 0 Å². The lowest BCUT2D eigenvalue weighted by molar-refractivity contribution is 0.159. The van der Waals surface area contributed by atoms with Crippen LogP contribution in [0.15, 0.2) is 18.2 Å². The first-order valence-corrected chi connectivity index (χ1v) is 8.31. The van der Waals surface area contributed by atoms with Crippen molar-refractivity contribution in [3.63, 3.8) is 0 Å². The molecule has 0 saturated carbocycles. The molecule has 2 aliphatic heterocycles. The number of methoxy groups -OCH3 is 2. The van der Waals surface area contributed by atoms with E-state index < -0.39 is 0 Å². The van der Waals surface area contributed by atoms with Gasteiger partial charge in [0.2, 0.25) is 0 Å². The van der Waals surface area contributed by atoms with E-state index in [4.69, 9.17) is 9.47 Å².